The minimum Gasteiger partial charge on any atom is -0.377 e. The molecule has 4 rings (SSSR count). The van der Waals surface area contributed by atoms with Gasteiger partial charge in [0.2, 0.25) is 0 Å². The van der Waals surface area contributed by atoms with Gasteiger partial charge in [-0.25, -0.2) is 0 Å². The third-order valence-electron chi connectivity index (χ3n) is 8.70. The maximum absolute atomic E-state index is 11.1. The van der Waals surface area contributed by atoms with Crippen LogP contribution in [0.3, 0.4) is 0 Å². The van der Waals surface area contributed by atoms with Crippen LogP contribution in [0, 0.1) is 40.9 Å². The lowest BCUT2D eigenvalue weighted by Crippen LogP contribution is -2.54. The van der Waals surface area contributed by atoms with Crippen molar-refractivity contribution in [3.63, 3.8) is 0 Å². The van der Waals surface area contributed by atoms with Crippen molar-refractivity contribution in [3.8, 4) is 12.3 Å². The van der Waals surface area contributed by atoms with Crippen molar-refractivity contribution in [2.75, 3.05) is 14.1 Å². The third kappa shape index (κ3) is 2.34. The fraction of sp³-hybridized carbons (Fsp3) is 0.783. The zero-order valence-electron chi connectivity index (χ0n) is 16.9. The van der Waals surface area contributed by atoms with Crippen LogP contribution in [0.1, 0.15) is 65.2 Å². The highest BCUT2D eigenvalue weighted by molar-refractivity contribution is 5.96. The smallest absolute Gasteiger partial charge is 0.130 e. The highest BCUT2D eigenvalue weighted by atomic mass is 16.3. The Kier molecular flexibility index (Phi) is 4.08. The van der Waals surface area contributed by atoms with Gasteiger partial charge in [0, 0.05) is 19.5 Å². The average Bonchev–Trinajstić information content (AvgIpc) is 2.87. The molecular formula is C23H34N2O. The summed E-state index contributed by atoms with van der Waals surface area (Å²) in [5.74, 6) is 4.82. The Balaban J connectivity index is 1.65. The van der Waals surface area contributed by atoms with Crippen LogP contribution in [-0.2, 0) is 0 Å². The van der Waals surface area contributed by atoms with Crippen molar-refractivity contribution in [2.45, 2.75) is 70.8 Å². The van der Waals surface area contributed by atoms with Crippen LogP contribution in [0.2, 0.25) is 0 Å². The highest BCUT2D eigenvalue weighted by Gasteiger charge is 2.63. The van der Waals surface area contributed by atoms with Gasteiger partial charge in [-0.05, 0) is 80.6 Å². The van der Waals surface area contributed by atoms with Crippen LogP contribution in [0.15, 0.2) is 16.8 Å². The molecule has 0 saturated heterocycles. The summed E-state index contributed by atoms with van der Waals surface area (Å²) in [4.78, 5) is 0. The summed E-state index contributed by atoms with van der Waals surface area (Å²) < 4.78 is 0. The molecule has 6 unspecified atom stereocenters. The number of fused-ring (bicyclic) bond motifs is 5. The van der Waals surface area contributed by atoms with Gasteiger partial charge in [0.1, 0.15) is 5.60 Å². The largest absolute Gasteiger partial charge is 0.377 e. The van der Waals surface area contributed by atoms with E-state index >= 15 is 0 Å². The summed E-state index contributed by atoms with van der Waals surface area (Å²) in [5.41, 5.74) is 2.19. The number of hydrazone groups is 1. The van der Waals surface area contributed by atoms with Gasteiger partial charge in [0.15, 0.2) is 0 Å². The molecular weight excluding hydrogens is 320 g/mol. The normalized spacial score (nSPS) is 48.8. The minimum absolute atomic E-state index is 0.0906. The molecule has 3 fully saturated rings. The SMILES string of the molecule is C#CC1(O)CCC2C3CCC4=CC(=NN(C)C)CCC4(C)C3CCC21C. The van der Waals surface area contributed by atoms with E-state index in [2.05, 4.69) is 30.9 Å². The molecule has 0 spiro atoms. The molecule has 4 aliphatic carbocycles. The molecule has 0 aromatic heterocycles. The molecule has 142 valence electrons. The third-order valence-corrected chi connectivity index (χ3v) is 8.70. The van der Waals surface area contributed by atoms with E-state index < -0.39 is 5.60 Å². The van der Waals surface area contributed by atoms with Crippen LogP contribution >= 0.6 is 0 Å². The van der Waals surface area contributed by atoms with Gasteiger partial charge in [-0.1, -0.05) is 25.3 Å². The molecule has 0 aliphatic heterocycles. The predicted molar refractivity (Wildman–Crippen MR) is 107 cm³/mol. The van der Waals surface area contributed by atoms with Gasteiger partial charge in [0.25, 0.3) is 0 Å². The number of allylic oxidation sites excluding steroid dienone is 2. The first-order valence-electron chi connectivity index (χ1n) is 10.4. The molecule has 26 heavy (non-hydrogen) atoms. The quantitative estimate of drug-likeness (QED) is 0.565. The second-order valence-corrected chi connectivity index (χ2v) is 9.94. The zero-order valence-corrected chi connectivity index (χ0v) is 16.9. The summed E-state index contributed by atoms with van der Waals surface area (Å²) in [6.45, 7) is 4.78. The van der Waals surface area contributed by atoms with E-state index in [1.807, 2.05) is 19.1 Å². The van der Waals surface area contributed by atoms with Gasteiger partial charge in [0.05, 0.1) is 5.71 Å². The molecule has 0 radical (unpaired) electrons. The van der Waals surface area contributed by atoms with Crippen molar-refractivity contribution in [3.05, 3.63) is 11.6 Å². The van der Waals surface area contributed by atoms with Crippen molar-refractivity contribution < 1.29 is 5.11 Å². The van der Waals surface area contributed by atoms with Gasteiger partial charge in [-0.2, -0.15) is 5.10 Å². The van der Waals surface area contributed by atoms with Crippen molar-refractivity contribution in [2.24, 2.45) is 33.7 Å². The summed E-state index contributed by atoms with van der Waals surface area (Å²) in [6.07, 6.45) is 17.1. The molecule has 6 atom stereocenters. The van der Waals surface area contributed by atoms with E-state index in [0.717, 1.165) is 31.6 Å². The lowest BCUT2D eigenvalue weighted by atomic mass is 9.46. The molecule has 3 saturated carbocycles. The monoisotopic (exact) mass is 354 g/mol. The van der Waals surface area contributed by atoms with Crippen LogP contribution in [0.5, 0.6) is 0 Å². The number of rotatable bonds is 1. The van der Waals surface area contributed by atoms with Gasteiger partial charge >= 0.3 is 0 Å². The Labute approximate surface area is 158 Å². The van der Waals surface area contributed by atoms with Gasteiger partial charge < -0.3 is 10.1 Å². The Hall–Kier alpha value is -1.27. The zero-order chi connectivity index (χ0) is 18.7. The first kappa shape index (κ1) is 18.1. The van der Waals surface area contributed by atoms with E-state index in [9.17, 15) is 5.11 Å². The fourth-order valence-electron chi connectivity index (χ4n) is 7.16. The number of nitrogens with zero attached hydrogens (tertiary/aromatic N) is 2. The number of hydrogen-bond acceptors (Lipinski definition) is 3. The van der Waals surface area contributed by atoms with Crippen LogP contribution in [0.4, 0.5) is 0 Å². The molecule has 0 amide bonds. The Morgan fingerprint density at radius 3 is 2.54 bits per heavy atom. The molecule has 3 nitrogen and oxygen atoms in total. The standard InChI is InChI=1S/C23H34N2O/c1-6-23(26)14-11-20-18-8-7-16-15-17(24-25(4)5)9-12-21(16,2)19(18)10-13-22(20,23)3/h1,15,18-20,26H,7-14H2,2-5H3. The Morgan fingerprint density at radius 2 is 1.85 bits per heavy atom. The van der Waals surface area contributed by atoms with E-state index in [1.165, 1.54) is 31.4 Å². The summed E-state index contributed by atoms with van der Waals surface area (Å²) in [7, 11) is 4.01. The van der Waals surface area contributed by atoms with E-state index in [0.29, 0.717) is 17.3 Å². The van der Waals surface area contributed by atoms with Crippen LogP contribution < -0.4 is 0 Å². The maximum atomic E-state index is 11.1. The van der Waals surface area contributed by atoms with Gasteiger partial charge in [-0.3, -0.25) is 0 Å². The Morgan fingerprint density at radius 1 is 1.12 bits per heavy atom. The molecule has 1 N–H and O–H groups in total. The molecule has 0 aromatic rings. The molecule has 3 heteroatoms. The predicted octanol–water partition coefficient (Wildman–Crippen LogP) is 4.23. The number of aliphatic hydroxyl groups is 1. The van der Waals surface area contributed by atoms with E-state index in [-0.39, 0.29) is 5.41 Å². The van der Waals surface area contributed by atoms with Crippen molar-refractivity contribution in [1.29, 1.82) is 0 Å². The Bertz CT molecular complexity index is 701. The molecule has 0 aromatic carbocycles. The van der Waals surface area contributed by atoms with Crippen LogP contribution in [-0.4, -0.2) is 35.5 Å². The number of terminal acetylenes is 1. The topological polar surface area (TPSA) is 35.8 Å². The maximum Gasteiger partial charge on any atom is 0.130 e. The summed E-state index contributed by atoms with van der Waals surface area (Å²) in [6, 6.07) is 0. The summed E-state index contributed by atoms with van der Waals surface area (Å²) in [5, 5.41) is 17.7. The minimum atomic E-state index is -0.891. The number of hydrogen-bond donors (Lipinski definition) is 1. The molecule has 0 heterocycles. The van der Waals surface area contributed by atoms with E-state index in [1.54, 1.807) is 5.57 Å². The van der Waals surface area contributed by atoms with Crippen LogP contribution in [0.25, 0.3) is 0 Å². The molecule has 0 bridgehead atoms. The first-order valence-corrected chi connectivity index (χ1v) is 10.4. The lowest BCUT2D eigenvalue weighted by Gasteiger charge is -2.58. The van der Waals surface area contributed by atoms with Gasteiger partial charge in [-0.15, -0.1) is 6.42 Å². The average molecular weight is 355 g/mol. The fourth-order valence-corrected chi connectivity index (χ4v) is 7.16. The molecule has 4 aliphatic rings. The second kappa shape index (κ2) is 5.86. The first-order chi connectivity index (χ1) is 12.2. The van der Waals surface area contributed by atoms with Crippen molar-refractivity contribution in [1.82, 2.24) is 5.01 Å². The van der Waals surface area contributed by atoms with Crippen molar-refractivity contribution >= 4 is 5.71 Å². The highest BCUT2D eigenvalue weighted by Crippen LogP contribution is 2.67. The summed E-state index contributed by atoms with van der Waals surface area (Å²) >= 11 is 0. The van der Waals surface area contributed by atoms with E-state index in [4.69, 9.17) is 6.42 Å². The second-order valence-electron chi connectivity index (χ2n) is 9.94. The lowest BCUT2D eigenvalue weighted by molar-refractivity contribution is -0.0986.